The van der Waals surface area contributed by atoms with Crippen LogP contribution >= 0.6 is 0 Å². The Morgan fingerprint density at radius 3 is 2.39 bits per heavy atom. The SMILES string of the molecule is CC1CC(n2c(Nc3ccc(OC(F)(F)F)cc3)nc3cc(C(=O)NC4CCS(=O)(=O)CC4)ccc32)CC(C)(C)C1. The summed E-state index contributed by atoms with van der Waals surface area (Å²) in [7, 11) is -3.03. The fourth-order valence-electron chi connectivity index (χ4n) is 6.36. The molecule has 1 aliphatic heterocycles. The number of sulfone groups is 1. The quantitative estimate of drug-likeness (QED) is 0.345. The number of amides is 1. The molecule has 0 radical (unpaired) electrons. The second kappa shape index (κ2) is 10.8. The van der Waals surface area contributed by atoms with Gasteiger partial charge in [0.25, 0.3) is 5.91 Å². The number of rotatable bonds is 6. The van der Waals surface area contributed by atoms with Gasteiger partial charge in [-0.1, -0.05) is 20.8 Å². The molecule has 2 atom stereocenters. The van der Waals surface area contributed by atoms with Crippen molar-refractivity contribution in [3.05, 3.63) is 48.0 Å². The molecule has 0 bridgehead atoms. The van der Waals surface area contributed by atoms with Crippen LogP contribution in [0.25, 0.3) is 11.0 Å². The molecule has 2 N–H and O–H groups in total. The Labute approximate surface area is 237 Å². The number of aromatic nitrogens is 2. The predicted molar refractivity (Wildman–Crippen MR) is 151 cm³/mol. The monoisotopic (exact) mass is 592 g/mol. The van der Waals surface area contributed by atoms with Crippen molar-refractivity contribution in [2.24, 2.45) is 11.3 Å². The summed E-state index contributed by atoms with van der Waals surface area (Å²) in [6.07, 6.45) is -1.03. The van der Waals surface area contributed by atoms with E-state index in [0.717, 1.165) is 24.8 Å². The van der Waals surface area contributed by atoms with Crippen molar-refractivity contribution in [3.8, 4) is 5.75 Å². The van der Waals surface area contributed by atoms with Gasteiger partial charge in [-0.05, 0) is 85.9 Å². The highest BCUT2D eigenvalue weighted by Gasteiger charge is 2.35. The average Bonchev–Trinajstić information content (AvgIpc) is 3.21. The first kappa shape index (κ1) is 29.2. The zero-order valence-corrected chi connectivity index (χ0v) is 24.1. The average molecular weight is 593 g/mol. The molecule has 41 heavy (non-hydrogen) atoms. The third-order valence-corrected chi connectivity index (χ3v) is 9.63. The van der Waals surface area contributed by atoms with Crippen molar-refractivity contribution in [3.63, 3.8) is 0 Å². The molecule has 12 heteroatoms. The second-order valence-corrected chi connectivity index (χ2v) is 14.5. The summed E-state index contributed by atoms with van der Waals surface area (Å²) in [6, 6.07) is 10.8. The Morgan fingerprint density at radius 2 is 1.76 bits per heavy atom. The van der Waals surface area contributed by atoms with E-state index >= 15 is 0 Å². The molecule has 1 saturated heterocycles. The number of ether oxygens (including phenoxy) is 1. The van der Waals surface area contributed by atoms with Gasteiger partial charge < -0.3 is 19.9 Å². The molecule has 5 rings (SSSR count). The van der Waals surface area contributed by atoms with Crippen LogP contribution in [0.5, 0.6) is 5.75 Å². The van der Waals surface area contributed by atoms with Crippen LogP contribution in [-0.2, 0) is 9.84 Å². The minimum atomic E-state index is -4.77. The number of nitrogens with zero attached hydrogens (tertiary/aromatic N) is 2. The third-order valence-electron chi connectivity index (χ3n) is 7.91. The fourth-order valence-corrected chi connectivity index (χ4v) is 7.85. The number of nitrogens with one attached hydrogen (secondary N) is 2. The zero-order valence-electron chi connectivity index (χ0n) is 23.3. The molecule has 1 aromatic heterocycles. The number of carbonyl (C=O) groups excluding carboxylic acids is 1. The van der Waals surface area contributed by atoms with E-state index < -0.39 is 16.2 Å². The molecule has 2 aliphatic rings. The Bertz CT molecular complexity index is 1520. The lowest BCUT2D eigenvalue weighted by atomic mass is 9.70. The van der Waals surface area contributed by atoms with Gasteiger partial charge in [0, 0.05) is 23.3 Å². The van der Waals surface area contributed by atoms with Gasteiger partial charge in [-0.2, -0.15) is 0 Å². The van der Waals surface area contributed by atoms with Gasteiger partial charge >= 0.3 is 6.36 Å². The van der Waals surface area contributed by atoms with E-state index in [-0.39, 0.29) is 40.7 Å². The molecule has 1 aliphatic carbocycles. The van der Waals surface area contributed by atoms with E-state index in [4.69, 9.17) is 4.98 Å². The highest BCUT2D eigenvalue weighted by molar-refractivity contribution is 7.91. The molecule has 2 fully saturated rings. The van der Waals surface area contributed by atoms with Crippen LogP contribution in [0.3, 0.4) is 0 Å². The lowest BCUT2D eigenvalue weighted by molar-refractivity contribution is -0.274. The molecule has 2 heterocycles. The van der Waals surface area contributed by atoms with Crippen LogP contribution in [0.15, 0.2) is 42.5 Å². The van der Waals surface area contributed by atoms with Crippen molar-refractivity contribution in [2.45, 2.75) is 71.3 Å². The van der Waals surface area contributed by atoms with Gasteiger partial charge in [-0.25, -0.2) is 13.4 Å². The van der Waals surface area contributed by atoms with Crippen LogP contribution in [0.1, 0.15) is 69.3 Å². The number of anilines is 2. The minimum Gasteiger partial charge on any atom is -0.406 e. The molecule has 1 saturated carbocycles. The Kier molecular flexibility index (Phi) is 7.73. The molecule has 3 aromatic rings. The van der Waals surface area contributed by atoms with E-state index in [1.165, 1.54) is 24.3 Å². The normalized spacial score (nSPS) is 22.8. The second-order valence-electron chi connectivity index (χ2n) is 12.2. The third kappa shape index (κ3) is 7.14. The molecule has 2 aromatic carbocycles. The van der Waals surface area contributed by atoms with Crippen molar-refractivity contribution in [1.82, 2.24) is 14.9 Å². The summed E-state index contributed by atoms with van der Waals surface area (Å²) < 4.78 is 67.4. The number of fused-ring (bicyclic) bond motifs is 1. The lowest BCUT2D eigenvalue weighted by Crippen LogP contribution is -2.40. The van der Waals surface area contributed by atoms with Crippen LogP contribution in [0.4, 0.5) is 24.8 Å². The fraction of sp³-hybridized carbons (Fsp3) is 0.517. The molecule has 1 amide bonds. The van der Waals surface area contributed by atoms with Crippen LogP contribution < -0.4 is 15.4 Å². The maximum absolute atomic E-state index is 13.1. The summed E-state index contributed by atoms with van der Waals surface area (Å²) in [5, 5.41) is 6.23. The Balaban J connectivity index is 1.45. The summed E-state index contributed by atoms with van der Waals surface area (Å²) in [5.74, 6) is 0.552. The van der Waals surface area contributed by atoms with Gasteiger partial charge in [-0.15, -0.1) is 13.2 Å². The van der Waals surface area contributed by atoms with E-state index in [9.17, 15) is 26.4 Å². The van der Waals surface area contributed by atoms with Gasteiger partial charge in [0.1, 0.15) is 15.6 Å². The van der Waals surface area contributed by atoms with Crippen LogP contribution in [0, 0.1) is 11.3 Å². The van der Waals surface area contributed by atoms with Crippen molar-refractivity contribution in [2.75, 3.05) is 16.8 Å². The van der Waals surface area contributed by atoms with E-state index in [1.54, 1.807) is 12.1 Å². The number of hydrogen-bond donors (Lipinski definition) is 2. The van der Waals surface area contributed by atoms with E-state index in [2.05, 4.69) is 40.7 Å². The number of imidazole rings is 1. The van der Waals surface area contributed by atoms with Crippen molar-refractivity contribution < 1.29 is 31.1 Å². The molecule has 2 unspecified atom stereocenters. The Morgan fingerprint density at radius 1 is 1.07 bits per heavy atom. The van der Waals surface area contributed by atoms with Crippen molar-refractivity contribution in [1.29, 1.82) is 0 Å². The molecular weight excluding hydrogens is 557 g/mol. The summed E-state index contributed by atoms with van der Waals surface area (Å²) in [5.41, 5.74) is 2.54. The van der Waals surface area contributed by atoms with E-state index in [0.29, 0.717) is 41.5 Å². The summed E-state index contributed by atoms with van der Waals surface area (Å²) >= 11 is 0. The highest BCUT2D eigenvalue weighted by atomic mass is 32.2. The first-order valence-electron chi connectivity index (χ1n) is 13.8. The predicted octanol–water partition coefficient (Wildman–Crippen LogP) is 6.37. The number of hydrogen-bond acceptors (Lipinski definition) is 6. The summed E-state index contributed by atoms with van der Waals surface area (Å²) in [6.45, 7) is 6.73. The van der Waals surface area contributed by atoms with Crippen LogP contribution in [0.2, 0.25) is 0 Å². The Hall–Kier alpha value is -3.28. The van der Waals surface area contributed by atoms with E-state index in [1.807, 2.05) is 6.07 Å². The van der Waals surface area contributed by atoms with Gasteiger partial charge in [0.2, 0.25) is 5.95 Å². The van der Waals surface area contributed by atoms with Crippen LogP contribution in [-0.4, -0.2) is 47.8 Å². The molecular formula is C29H35F3N4O4S. The molecule has 0 spiro atoms. The van der Waals surface area contributed by atoms with Gasteiger partial charge in [0.05, 0.1) is 22.5 Å². The van der Waals surface area contributed by atoms with Crippen molar-refractivity contribution >= 4 is 38.4 Å². The number of alkyl halides is 3. The first-order valence-corrected chi connectivity index (χ1v) is 15.6. The largest absolute Gasteiger partial charge is 0.573 e. The number of carbonyl (C=O) groups is 1. The molecule has 222 valence electrons. The minimum absolute atomic E-state index is 0.0654. The zero-order chi connectivity index (χ0) is 29.6. The maximum Gasteiger partial charge on any atom is 0.573 e. The smallest absolute Gasteiger partial charge is 0.406 e. The molecule has 8 nitrogen and oxygen atoms in total. The lowest BCUT2D eigenvalue weighted by Gasteiger charge is -2.40. The highest BCUT2D eigenvalue weighted by Crippen LogP contribution is 2.46. The maximum atomic E-state index is 13.1. The summed E-state index contributed by atoms with van der Waals surface area (Å²) in [4.78, 5) is 17.9. The first-order chi connectivity index (χ1) is 19.2. The number of benzene rings is 2. The van der Waals surface area contributed by atoms with Gasteiger partial charge in [-0.3, -0.25) is 4.79 Å². The topological polar surface area (TPSA) is 102 Å². The van der Waals surface area contributed by atoms with Gasteiger partial charge in [0.15, 0.2) is 0 Å². The number of halogens is 3. The standard InChI is InChI=1S/C29H35F3N4O4S/c1-18-14-22(17-28(2,3)16-18)36-25-9-4-19(26(37)33-21-10-12-41(38,39)13-11-21)15-24(25)35-27(36)34-20-5-7-23(8-6-20)40-29(30,31)32/h4-9,15,18,21-22H,10-14,16-17H2,1-3H3,(H,33,37)(H,34,35).